The lowest BCUT2D eigenvalue weighted by molar-refractivity contribution is -0.120. The van der Waals surface area contributed by atoms with E-state index < -0.39 is 18.0 Å². The van der Waals surface area contributed by atoms with E-state index in [0.29, 0.717) is 15.6 Å². The predicted molar refractivity (Wildman–Crippen MR) is 55.9 cm³/mol. The van der Waals surface area contributed by atoms with Crippen molar-refractivity contribution in [1.29, 1.82) is 0 Å². The van der Waals surface area contributed by atoms with Crippen molar-refractivity contribution in [2.24, 2.45) is 0 Å². The van der Waals surface area contributed by atoms with Crippen LogP contribution in [0.5, 0.6) is 0 Å². The lowest BCUT2D eigenvalue weighted by atomic mass is 10.1. The lowest BCUT2D eigenvalue weighted by Crippen LogP contribution is -2.22. The highest BCUT2D eigenvalue weighted by atomic mass is 35.5. The van der Waals surface area contributed by atoms with Crippen molar-refractivity contribution in [3.63, 3.8) is 0 Å². The first-order valence-electron chi connectivity index (χ1n) is 4.14. The Hall–Kier alpha value is -1.26. The monoisotopic (exact) mass is 244 g/mol. The number of carbonyl (C=O) groups excluding carboxylic acids is 2. The summed E-state index contributed by atoms with van der Waals surface area (Å²) in [5.41, 5.74) is 0.604. The van der Waals surface area contributed by atoms with Gasteiger partial charge in [-0.2, -0.15) is 0 Å². The number of nitrogens with one attached hydrogen (secondary N) is 2. The van der Waals surface area contributed by atoms with Gasteiger partial charge < -0.3 is 5.32 Å². The van der Waals surface area contributed by atoms with Gasteiger partial charge in [0.1, 0.15) is 6.04 Å². The van der Waals surface area contributed by atoms with Gasteiger partial charge in [0.25, 0.3) is 5.91 Å². The van der Waals surface area contributed by atoms with Crippen molar-refractivity contribution < 1.29 is 9.59 Å². The highest BCUT2D eigenvalue weighted by Gasteiger charge is 2.30. The third kappa shape index (κ3) is 1.91. The van der Waals surface area contributed by atoms with Crippen molar-refractivity contribution in [3.8, 4) is 0 Å². The topological polar surface area (TPSA) is 58.2 Å². The zero-order valence-corrected chi connectivity index (χ0v) is 8.89. The number of rotatable bonds is 1. The molecule has 4 nitrogen and oxygen atoms in total. The third-order valence-electron chi connectivity index (χ3n) is 2.05. The van der Waals surface area contributed by atoms with Gasteiger partial charge in [0.05, 0.1) is 10.0 Å². The largest absolute Gasteiger partial charge is 0.322 e. The number of benzene rings is 1. The average molecular weight is 245 g/mol. The van der Waals surface area contributed by atoms with E-state index in [2.05, 4.69) is 10.6 Å². The second-order valence-electron chi connectivity index (χ2n) is 3.07. The second kappa shape index (κ2) is 3.72. The Kier molecular flexibility index (Phi) is 2.54. The van der Waals surface area contributed by atoms with Crippen LogP contribution < -0.4 is 10.6 Å². The van der Waals surface area contributed by atoms with Gasteiger partial charge >= 0.3 is 6.03 Å². The zero-order valence-electron chi connectivity index (χ0n) is 7.38. The van der Waals surface area contributed by atoms with E-state index >= 15 is 0 Å². The summed E-state index contributed by atoms with van der Waals surface area (Å²) in [5.74, 6) is -0.390. The van der Waals surface area contributed by atoms with Crippen LogP contribution >= 0.6 is 23.2 Å². The summed E-state index contributed by atoms with van der Waals surface area (Å²) in [6, 6.07) is 3.59. The molecule has 15 heavy (non-hydrogen) atoms. The molecule has 0 aliphatic carbocycles. The SMILES string of the molecule is O=C1NC(=O)[C@H](c2ccc(Cl)c(Cl)c2)N1. The molecule has 1 aromatic rings. The van der Waals surface area contributed by atoms with Crippen molar-refractivity contribution in [3.05, 3.63) is 33.8 Å². The fourth-order valence-electron chi connectivity index (χ4n) is 1.34. The molecule has 0 unspecified atom stereocenters. The normalized spacial score (nSPS) is 20.0. The Bertz CT molecular complexity index is 448. The molecule has 1 atom stereocenters. The minimum atomic E-state index is -0.688. The summed E-state index contributed by atoms with van der Waals surface area (Å²) in [5, 5.41) is 5.36. The van der Waals surface area contributed by atoms with Crippen LogP contribution in [0.25, 0.3) is 0 Å². The molecule has 2 N–H and O–H groups in total. The van der Waals surface area contributed by atoms with Gasteiger partial charge in [0.15, 0.2) is 0 Å². The van der Waals surface area contributed by atoms with Gasteiger partial charge in [-0.05, 0) is 17.7 Å². The van der Waals surface area contributed by atoms with Crippen LogP contribution in [0.3, 0.4) is 0 Å². The first-order chi connectivity index (χ1) is 7.08. The molecule has 1 aliphatic rings. The number of halogens is 2. The summed E-state index contributed by atoms with van der Waals surface area (Å²) in [7, 11) is 0. The average Bonchev–Trinajstić information content (AvgIpc) is 2.50. The lowest BCUT2D eigenvalue weighted by Gasteiger charge is -2.08. The molecular formula is C9H6Cl2N2O2. The number of urea groups is 1. The molecule has 0 aromatic heterocycles. The van der Waals surface area contributed by atoms with Gasteiger partial charge in [-0.25, -0.2) is 4.79 Å². The van der Waals surface area contributed by atoms with Crippen LogP contribution in [0.4, 0.5) is 4.79 Å². The van der Waals surface area contributed by atoms with Gasteiger partial charge in [-0.1, -0.05) is 29.3 Å². The molecule has 2 rings (SSSR count). The molecule has 78 valence electrons. The zero-order chi connectivity index (χ0) is 11.0. The van der Waals surface area contributed by atoms with E-state index in [1.165, 1.54) is 0 Å². The maximum absolute atomic E-state index is 11.3. The fraction of sp³-hybridized carbons (Fsp3) is 0.111. The van der Waals surface area contributed by atoms with Gasteiger partial charge in [0.2, 0.25) is 0 Å². The summed E-state index contributed by atoms with van der Waals surface area (Å²) in [4.78, 5) is 22.2. The number of hydrogen-bond acceptors (Lipinski definition) is 2. The summed E-state index contributed by atoms with van der Waals surface area (Å²) in [6.07, 6.45) is 0. The molecule has 1 aliphatic heterocycles. The minimum absolute atomic E-state index is 0.350. The highest BCUT2D eigenvalue weighted by molar-refractivity contribution is 6.42. The third-order valence-corrected chi connectivity index (χ3v) is 2.79. The summed E-state index contributed by atoms with van der Waals surface area (Å²) < 4.78 is 0. The van der Waals surface area contributed by atoms with E-state index in [4.69, 9.17) is 23.2 Å². The van der Waals surface area contributed by atoms with E-state index in [0.717, 1.165) is 0 Å². The number of hydrogen-bond donors (Lipinski definition) is 2. The smallest absolute Gasteiger partial charge is 0.322 e. The molecule has 6 heteroatoms. The summed E-state index contributed by atoms with van der Waals surface area (Å²) >= 11 is 11.5. The maximum atomic E-state index is 11.3. The number of carbonyl (C=O) groups is 2. The molecule has 1 saturated heterocycles. The van der Waals surface area contributed by atoms with Crippen molar-refractivity contribution in [2.45, 2.75) is 6.04 Å². The maximum Gasteiger partial charge on any atom is 0.322 e. The predicted octanol–water partition coefficient (Wildman–Crippen LogP) is 1.87. The highest BCUT2D eigenvalue weighted by Crippen LogP contribution is 2.26. The second-order valence-corrected chi connectivity index (χ2v) is 3.88. The number of amides is 3. The Morgan fingerprint density at radius 2 is 1.87 bits per heavy atom. The van der Waals surface area contributed by atoms with E-state index in [-0.39, 0.29) is 0 Å². The fourth-order valence-corrected chi connectivity index (χ4v) is 1.65. The molecule has 0 radical (unpaired) electrons. The van der Waals surface area contributed by atoms with Crippen LogP contribution in [0.2, 0.25) is 10.0 Å². The molecule has 0 saturated carbocycles. The van der Waals surface area contributed by atoms with Gasteiger partial charge in [-0.15, -0.1) is 0 Å². The Morgan fingerprint density at radius 1 is 1.13 bits per heavy atom. The molecule has 1 heterocycles. The standard InChI is InChI=1S/C9H6Cl2N2O2/c10-5-2-1-4(3-6(5)11)7-8(14)13-9(15)12-7/h1-3,7H,(H2,12,13,14,15)/t7-/m0/s1. The molecule has 0 bridgehead atoms. The van der Waals surface area contributed by atoms with Gasteiger partial charge in [-0.3, -0.25) is 10.1 Å². The van der Waals surface area contributed by atoms with Crippen LogP contribution in [-0.4, -0.2) is 11.9 Å². The Labute approximate surface area is 95.5 Å². The Morgan fingerprint density at radius 3 is 2.40 bits per heavy atom. The quantitative estimate of drug-likeness (QED) is 0.742. The first kappa shape index (κ1) is 10.3. The van der Waals surface area contributed by atoms with E-state index in [1.54, 1.807) is 18.2 Å². The van der Waals surface area contributed by atoms with E-state index in [9.17, 15) is 9.59 Å². The van der Waals surface area contributed by atoms with Crippen LogP contribution in [-0.2, 0) is 4.79 Å². The van der Waals surface area contributed by atoms with Crippen LogP contribution in [0.1, 0.15) is 11.6 Å². The molecule has 3 amide bonds. The first-order valence-corrected chi connectivity index (χ1v) is 4.90. The van der Waals surface area contributed by atoms with E-state index in [1.807, 2.05) is 0 Å². The van der Waals surface area contributed by atoms with Crippen LogP contribution in [0.15, 0.2) is 18.2 Å². The molecule has 1 aromatic carbocycles. The van der Waals surface area contributed by atoms with Crippen molar-refractivity contribution in [1.82, 2.24) is 10.6 Å². The van der Waals surface area contributed by atoms with Crippen molar-refractivity contribution >= 4 is 35.1 Å². The Balaban J connectivity index is 2.34. The summed E-state index contributed by atoms with van der Waals surface area (Å²) in [6.45, 7) is 0. The number of imide groups is 1. The molecule has 1 fully saturated rings. The molecule has 0 spiro atoms. The van der Waals surface area contributed by atoms with Crippen LogP contribution in [0, 0.1) is 0 Å². The molecular weight excluding hydrogens is 239 g/mol. The van der Waals surface area contributed by atoms with Crippen molar-refractivity contribution in [2.75, 3.05) is 0 Å². The minimum Gasteiger partial charge on any atom is -0.322 e. The van der Waals surface area contributed by atoms with Gasteiger partial charge in [0, 0.05) is 0 Å².